The number of nitrogens with one attached hydrogen (secondary N) is 1. The average molecular weight is 273 g/mol. The minimum Gasteiger partial charge on any atom is -0.468 e. The molecule has 1 heterocycles. The van der Waals surface area contributed by atoms with E-state index in [0.717, 1.165) is 39.0 Å². The molecule has 0 amide bonds. The maximum absolute atomic E-state index is 12.1. The van der Waals surface area contributed by atoms with E-state index in [4.69, 9.17) is 9.47 Å². The number of hydrogen-bond donors (Lipinski definition) is 1. The van der Waals surface area contributed by atoms with Crippen LogP contribution in [0.1, 0.15) is 32.6 Å². The Kier molecular flexibility index (Phi) is 4.92. The number of carbonyl (C=O) groups excluding carboxylic acids is 1. The lowest BCUT2D eigenvalue weighted by atomic mass is 9.81. The van der Waals surface area contributed by atoms with E-state index in [9.17, 15) is 4.79 Å². The van der Waals surface area contributed by atoms with Gasteiger partial charge in [0.25, 0.3) is 0 Å². The summed E-state index contributed by atoms with van der Waals surface area (Å²) in [5.41, 5.74) is -0.454. The molecule has 1 aliphatic carbocycles. The SMILES string of the molecule is CCNC1(C(=O)OC)CCCC(SC2COC2)C1. The van der Waals surface area contributed by atoms with Crippen molar-refractivity contribution in [1.29, 1.82) is 0 Å². The number of likely N-dealkylation sites (N-methyl/N-ethyl adjacent to an activating group) is 1. The number of thioether (sulfide) groups is 1. The molecule has 4 nitrogen and oxygen atoms in total. The lowest BCUT2D eigenvalue weighted by Gasteiger charge is -2.40. The van der Waals surface area contributed by atoms with Crippen LogP contribution in [-0.2, 0) is 14.3 Å². The van der Waals surface area contributed by atoms with Crippen LogP contribution in [0.5, 0.6) is 0 Å². The van der Waals surface area contributed by atoms with Crippen LogP contribution in [0.25, 0.3) is 0 Å². The van der Waals surface area contributed by atoms with Gasteiger partial charge < -0.3 is 14.8 Å². The van der Waals surface area contributed by atoms with Gasteiger partial charge in [-0.25, -0.2) is 0 Å². The van der Waals surface area contributed by atoms with Crippen molar-refractivity contribution in [2.75, 3.05) is 26.9 Å². The Balaban J connectivity index is 1.97. The van der Waals surface area contributed by atoms with Gasteiger partial charge in [-0.05, 0) is 32.2 Å². The average Bonchev–Trinajstić information content (AvgIpc) is 2.33. The number of hydrogen-bond acceptors (Lipinski definition) is 5. The Bertz CT molecular complexity index is 292. The molecule has 2 aliphatic rings. The monoisotopic (exact) mass is 273 g/mol. The maximum atomic E-state index is 12.1. The van der Waals surface area contributed by atoms with Crippen LogP contribution in [0.4, 0.5) is 0 Å². The van der Waals surface area contributed by atoms with Gasteiger partial charge in [-0.2, -0.15) is 11.8 Å². The Morgan fingerprint density at radius 3 is 2.83 bits per heavy atom. The van der Waals surface area contributed by atoms with E-state index in [2.05, 4.69) is 5.32 Å². The number of esters is 1. The summed E-state index contributed by atoms with van der Waals surface area (Å²) in [6, 6.07) is 0. The van der Waals surface area contributed by atoms with Crippen LogP contribution in [0, 0.1) is 0 Å². The van der Waals surface area contributed by atoms with Crippen LogP contribution in [-0.4, -0.2) is 48.9 Å². The first kappa shape index (κ1) is 14.2. The van der Waals surface area contributed by atoms with E-state index in [1.54, 1.807) is 0 Å². The number of methoxy groups -OCH3 is 1. The van der Waals surface area contributed by atoms with Crippen molar-refractivity contribution in [3.8, 4) is 0 Å². The predicted molar refractivity (Wildman–Crippen MR) is 72.9 cm³/mol. The summed E-state index contributed by atoms with van der Waals surface area (Å²) in [5.74, 6) is -0.0977. The molecule has 1 aliphatic heterocycles. The third-order valence-electron chi connectivity index (χ3n) is 3.79. The zero-order valence-corrected chi connectivity index (χ0v) is 12.1. The summed E-state index contributed by atoms with van der Waals surface area (Å²) in [7, 11) is 1.48. The van der Waals surface area contributed by atoms with Crippen LogP contribution < -0.4 is 5.32 Å². The minimum atomic E-state index is -0.454. The molecular weight excluding hydrogens is 250 g/mol. The smallest absolute Gasteiger partial charge is 0.326 e. The molecule has 0 aromatic carbocycles. The van der Waals surface area contributed by atoms with Gasteiger partial charge in [0.2, 0.25) is 0 Å². The third-order valence-corrected chi connectivity index (χ3v) is 5.23. The first-order valence-corrected chi connectivity index (χ1v) is 7.71. The highest BCUT2D eigenvalue weighted by molar-refractivity contribution is 8.00. The number of rotatable bonds is 5. The molecule has 2 atom stereocenters. The predicted octanol–water partition coefficient (Wildman–Crippen LogP) is 1.58. The first-order valence-electron chi connectivity index (χ1n) is 6.77. The molecule has 1 saturated carbocycles. The molecule has 0 aromatic rings. The molecule has 104 valence electrons. The van der Waals surface area contributed by atoms with Gasteiger partial charge in [-0.1, -0.05) is 6.92 Å². The summed E-state index contributed by atoms with van der Waals surface area (Å²) in [6.07, 6.45) is 4.07. The van der Waals surface area contributed by atoms with E-state index < -0.39 is 5.54 Å². The van der Waals surface area contributed by atoms with Crippen molar-refractivity contribution < 1.29 is 14.3 Å². The largest absolute Gasteiger partial charge is 0.468 e. The normalized spacial score (nSPS) is 32.9. The van der Waals surface area contributed by atoms with E-state index in [-0.39, 0.29) is 5.97 Å². The van der Waals surface area contributed by atoms with Crippen molar-refractivity contribution in [2.45, 2.75) is 48.6 Å². The molecule has 18 heavy (non-hydrogen) atoms. The Hall–Kier alpha value is -0.260. The molecule has 0 aromatic heterocycles. The van der Waals surface area contributed by atoms with Crippen molar-refractivity contribution in [1.82, 2.24) is 5.32 Å². The Labute approximate surface area is 113 Å². The second kappa shape index (κ2) is 6.26. The molecule has 5 heteroatoms. The molecule has 0 spiro atoms. The summed E-state index contributed by atoms with van der Waals surface area (Å²) >= 11 is 1.99. The van der Waals surface area contributed by atoms with Gasteiger partial charge in [-0.15, -0.1) is 0 Å². The van der Waals surface area contributed by atoms with Crippen LogP contribution in [0.2, 0.25) is 0 Å². The lowest BCUT2D eigenvalue weighted by molar-refractivity contribution is -0.150. The minimum absolute atomic E-state index is 0.0977. The van der Waals surface area contributed by atoms with E-state index in [1.165, 1.54) is 13.5 Å². The van der Waals surface area contributed by atoms with Gasteiger partial charge >= 0.3 is 5.97 Å². The molecule has 0 bridgehead atoms. The standard InChI is InChI=1S/C13H23NO3S/c1-3-14-13(12(15)16-2)6-4-5-10(7-13)18-11-8-17-9-11/h10-11,14H,3-9H2,1-2H3. The van der Waals surface area contributed by atoms with Crippen LogP contribution in [0.3, 0.4) is 0 Å². The van der Waals surface area contributed by atoms with E-state index in [0.29, 0.717) is 10.5 Å². The summed E-state index contributed by atoms with van der Waals surface area (Å²) < 4.78 is 10.2. The highest BCUT2D eigenvalue weighted by atomic mass is 32.2. The van der Waals surface area contributed by atoms with Crippen molar-refractivity contribution in [2.24, 2.45) is 0 Å². The Morgan fingerprint density at radius 1 is 1.50 bits per heavy atom. The molecule has 0 radical (unpaired) electrons. The van der Waals surface area contributed by atoms with Crippen molar-refractivity contribution >= 4 is 17.7 Å². The Morgan fingerprint density at radius 2 is 2.28 bits per heavy atom. The molecule has 2 fully saturated rings. The summed E-state index contributed by atoms with van der Waals surface area (Å²) in [6.45, 7) is 4.58. The van der Waals surface area contributed by atoms with Gasteiger partial charge in [0, 0.05) is 5.25 Å². The van der Waals surface area contributed by atoms with Gasteiger partial charge in [0.05, 0.1) is 25.6 Å². The van der Waals surface area contributed by atoms with Crippen molar-refractivity contribution in [3.05, 3.63) is 0 Å². The molecular formula is C13H23NO3S. The number of carbonyl (C=O) groups is 1. The van der Waals surface area contributed by atoms with E-state index in [1.807, 2.05) is 18.7 Å². The second-order valence-corrected chi connectivity index (χ2v) is 6.72. The van der Waals surface area contributed by atoms with Crippen LogP contribution >= 0.6 is 11.8 Å². The van der Waals surface area contributed by atoms with Crippen molar-refractivity contribution in [3.63, 3.8) is 0 Å². The molecule has 2 rings (SSSR count). The summed E-state index contributed by atoms with van der Waals surface area (Å²) in [4.78, 5) is 12.1. The zero-order chi connectivity index (χ0) is 13.0. The van der Waals surface area contributed by atoms with Gasteiger partial charge in [-0.3, -0.25) is 4.79 Å². The van der Waals surface area contributed by atoms with Gasteiger partial charge in [0.15, 0.2) is 0 Å². The molecule has 1 N–H and O–H groups in total. The highest BCUT2D eigenvalue weighted by Crippen LogP contribution is 2.38. The van der Waals surface area contributed by atoms with Crippen LogP contribution in [0.15, 0.2) is 0 Å². The molecule has 2 unspecified atom stereocenters. The lowest BCUT2D eigenvalue weighted by Crippen LogP contribution is -2.56. The number of ether oxygens (including phenoxy) is 2. The highest BCUT2D eigenvalue weighted by Gasteiger charge is 2.44. The summed E-state index contributed by atoms with van der Waals surface area (Å²) in [5, 5.41) is 4.55. The fraction of sp³-hybridized carbons (Fsp3) is 0.923. The topological polar surface area (TPSA) is 47.6 Å². The second-order valence-electron chi connectivity index (χ2n) is 5.12. The fourth-order valence-corrected chi connectivity index (χ4v) is 4.43. The maximum Gasteiger partial charge on any atom is 0.326 e. The fourth-order valence-electron chi connectivity index (χ4n) is 2.86. The third kappa shape index (κ3) is 3.00. The molecule has 1 saturated heterocycles. The van der Waals surface area contributed by atoms with E-state index >= 15 is 0 Å². The van der Waals surface area contributed by atoms with Gasteiger partial charge in [0.1, 0.15) is 5.54 Å². The zero-order valence-electron chi connectivity index (χ0n) is 11.2. The first-order chi connectivity index (χ1) is 8.70. The quantitative estimate of drug-likeness (QED) is 0.771.